The van der Waals surface area contributed by atoms with Crippen molar-refractivity contribution in [1.82, 2.24) is 4.90 Å². The van der Waals surface area contributed by atoms with E-state index in [1.807, 2.05) is 0 Å². The standard InChI is InChI=1S/C17H15ClF3N3O3/c1-23(9-11-2-4-12(5-3-11)17(19,20)21)10-16(25)22-13-6-7-14(18)15(8-13)24(26)27/h2-8H,9-10H2,1H3,(H,22,25). The van der Waals surface area contributed by atoms with Crippen molar-refractivity contribution in [2.45, 2.75) is 12.7 Å². The summed E-state index contributed by atoms with van der Waals surface area (Å²) < 4.78 is 37.7. The molecule has 144 valence electrons. The number of carbonyl (C=O) groups is 1. The van der Waals surface area contributed by atoms with Gasteiger partial charge in [-0.05, 0) is 36.9 Å². The van der Waals surface area contributed by atoms with E-state index in [9.17, 15) is 28.1 Å². The van der Waals surface area contributed by atoms with Crippen LogP contribution in [0.15, 0.2) is 42.5 Å². The van der Waals surface area contributed by atoms with Crippen molar-refractivity contribution < 1.29 is 22.9 Å². The summed E-state index contributed by atoms with van der Waals surface area (Å²) in [4.78, 5) is 23.9. The van der Waals surface area contributed by atoms with Crippen LogP contribution in [0.3, 0.4) is 0 Å². The Hall–Kier alpha value is -2.65. The first-order valence-electron chi connectivity index (χ1n) is 7.64. The second kappa shape index (κ2) is 8.36. The second-order valence-electron chi connectivity index (χ2n) is 5.84. The number of halogens is 4. The number of nitrogens with one attached hydrogen (secondary N) is 1. The number of nitro groups is 1. The van der Waals surface area contributed by atoms with Crippen LogP contribution in [0.4, 0.5) is 24.5 Å². The molecular formula is C17H15ClF3N3O3. The molecule has 1 amide bonds. The summed E-state index contributed by atoms with van der Waals surface area (Å²) in [6, 6.07) is 8.55. The Morgan fingerprint density at radius 2 is 1.85 bits per heavy atom. The number of rotatable bonds is 6. The van der Waals surface area contributed by atoms with Gasteiger partial charge in [0.05, 0.1) is 17.0 Å². The molecule has 10 heteroatoms. The number of alkyl halides is 3. The molecule has 0 aliphatic carbocycles. The fraction of sp³-hybridized carbons (Fsp3) is 0.235. The van der Waals surface area contributed by atoms with E-state index in [-0.39, 0.29) is 29.5 Å². The zero-order valence-electron chi connectivity index (χ0n) is 14.1. The van der Waals surface area contributed by atoms with Crippen LogP contribution in [-0.4, -0.2) is 29.3 Å². The largest absolute Gasteiger partial charge is 0.416 e. The molecule has 0 saturated heterocycles. The highest BCUT2D eigenvalue weighted by Crippen LogP contribution is 2.29. The third kappa shape index (κ3) is 5.93. The molecule has 0 heterocycles. The number of nitrogens with zero attached hydrogens (tertiary/aromatic N) is 2. The Balaban J connectivity index is 1.94. The Bertz CT molecular complexity index is 842. The van der Waals surface area contributed by atoms with Crippen molar-refractivity contribution in [2.75, 3.05) is 18.9 Å². The van der Waals surface area contributed by atoms with Gasteiger partial charge in [-0.15, -0.1) is 0 Å². The maximum absolute atomic E-state index is 12.6. The number of likely N-dealkylation sites (N-methyl/N-ethyl adjacent to an activating group) is 1. The fourth-order valence-electron chi connectivity index (χ4n) is 2.34. The molecule has 1 N–H and O–H groups in total. The van der Waals surface area contributed by atoms with Crippen LogP contribution in [0.1, 0.15) is 11.1 Å². The average molecular weight is 402 g/mol. The van der Waals surface area contributed by atoms with Gasteiger partial charge in [-0.1, -0.05) is 23.7 Å². The van der Waals surface area contributed by atoms with Crippen LogP contribution in [-0.2, 0) is 17.5 Å². The van der Waals surface area contributed by atoms with Crippen molar-refractivity contribution in [3.63, 3.8) is 0 Å². The molecule has 0 aromatic heterocycles. The van der Waals surface area contributed by atoms with Crippen LogP contribution in [0, 0.1) is 10.1 Å². The number of carbonyl (C=O) groups excluding carboxylic acids is 1. The lowest BCUT2D eigenvalue weighted by Crippen LogP contribution is -2.29. The molecule has 0 unspecified atom stereocenters. The molecule has 0 bridgehead atoms. The minimum atomic E-state index is -4.40. The lowest BCUT2D eigenvalue weighted by molar-refractivity contribution is -0.384. The molecule has 0 radical (unpaired) electrons. The molecule has 0 spiro atoms. The van der Waals surface area contributed by atoms with E-state index in [4.69, 9.17) is 11.6 Å². The number of benzene rings is 2. The molecule has 27 heavy (non-hydrogen) atoms. The maximum atomic E-state index is 12.6. The van der Waals surface area contributed by atoms with Gasteiger partial charge in [0, 0.05) is 18.3 Å². The number of hydrogen-bond donors (Lipinski definition) is 1. The zero-order valence-corrected chi connectivity index (χ0v) is 14.8. The van der Waals surface area contributed by atoms with Crippen LogP contribution in [0.25, 0.3) is 0 Å². The minimum absolute atomic E-state index is 0.0441. The van der Waals surface area contributed by atoms with Crippen LogP contribution in [0.5, 0.6) is 0 Å². The molecule has 0 saturated carbocycles. The molecule has 0 aliphatic heterocycles. The Labute approximate surface area is 157 Å². The van der Waals surface area contributed by atoms with Gasteiger partial charge in [-0.3, -0.25) is 19.8 Å². The Morgan fingerprint density at radius 1 is 1.22 bits per heavy atom. The Kier molecular flexibility index (Phi) is 6.40. The molecule has 0 fully saturated rings. The topological polar surface area (TPSA) is 75.5 Å². The SMILES string of the molecule is CN(CC(=O)Nc1ccc(Cl)c([N+](=O)[O-])c1)Cc1ccc(C(F)(F)F)cc1. The van der Waals surface area contributed by atoms with Crippen LogP contribution < -0.4 is 5.32 Å². The quantitative estimate of drug-likeness (QED) is 0.577. The summed E-state index contributed by atoms with van der Waals surface area (Å²) >= 11 is 5.71. The van der Waals surface area contributed by atoms with Crippen molar-refractivity contribution >= 4 is 28.9 Å². The van der Waals surface area contributed by atoms with Gasteiger partial charge < -0.3 is 5.32 Å². The van der Waals surface area contributed by atoms with Gasteiger partial charge >= 0.3 is 6.18 Å². The summed E-state index contributed by atoms with van der Waals surface area (Å²) in [7, 11) is 1.63. The summed E-state index contributed by atoms with van der Waals surface area (Å²) in [6.07, 6.45) is -4.40. The van der Waals surface area contributed by atoms with Crippen molar-refractivity contribution in [2.24, 2.45) is 0 Å². The lowest BCUT2D eigenvalue weighted by Gasteiger charge is -2.17. The van der Waals surface area contributed by atoms with Crippen molar-refractivity contribution in [3.05, 3.63) is 68.7 Å². The highest BCUT2D eigenvalue weighted by atomic mass is 35.5. The fourth-order valence-corrected chi connectivity index (χ4v) is 2.53. The van der Waals surface area contributed by atoms with Gasteiger partial charge in [0.1, 0.15) is 5.02 Å². The van der Waals surface area contributed by atoms with E-state index in [0.717, 1.165) is 18.2 Å². The van der Waals surface area contributed by atoms with E-state index < -0.39 is 22.6 Å². The van der Waals surface area contributed by atoms with E-state index in [0.29, 0.717) is 5.56 Å². The van der Waals surface area contributed by atoms with Gasteiger partial charge in [-0.2, -0.15) is 13.2 Å². The predicted octanol–water partition coefficient (Wildman–Crippen LogP) is 4.34. The summed E-state index contributed by atoms with van der Waals surface area (Å²) in [5.41, 5.74) is -0.233. The summed E-state index contributed by atoms with van der Waals surface area (Å²) in [5, 5.41) is 13.3. The van der Waals surface area contributed by atoms with E-state index in [1.54, 1.807) is 11.9 Å². The van der Waals surface area contributed by atoms with E-state index >= 15 is 0 Å². The van der Waals surface area contributed by atoms with Crippen LogP contribution in [0.2, 0.25) is 5.02 Å². The maximum Gasteiger partial charge on any atom is 0.416 e. The molecule has 0 atom stereocenters. The molecular weight excluding hydrogens is 387 g/mol. The minimum Gasteiger partial charge on any atom is -0.325 e. The van der Waals surface area contributed by atoms with E-state index in [1.165, 1.54) is 24.3 Å². The highest BCUT2D eigenvalue weighted by Gasteiger charge is 2.29. The molecule has 2 rings (SSSR count). The molecule has 6 nitrogen and oxygen atoms in total. The van der Waals surface area contributed by atoms with Gasteiger partial charge in [-0.25, -0.2) is 0 Å². The summed E-state index contributed by atoms with van der Waals surface area (Å²) in [6.45, 7) is 0.198. The van der Waals surface area contributed by atoms with Crippen molar-refractivity contribution in [1.29, 1.82) is 0 Å². The monoisotopic (exact) mass is 401 g/mol. The van der Waals surface area contributed by atoms with Crippen LogP contribution >= 0.6 is 11.6 Å². The van der Waals surface area contributed by atoms with Gasteiger partial charge in [0.2, 0.25) is 5.91 Å². The zero-order chi connectivity index (χ0) is 20.2. The predicted molar refractivity (Wildman–Crippen MR) is 94.5 cm³/mol. The number of anilines is 1. The number of amides is 1. The van der Waals surface area contributed by atoms with Gasteiger partial charge in [0.15, 0.2) is 0 Å². The second-order valence-corrected chi connectivity index (χ2v) is 6.25. The number of nitro benzene ring substituents is 1. The van der Waals surface area contributed by atoms with Gasteiger partial charge in [0.25, 0.3) is 5.69 Å². The summed E-state index contributed by atoms with van der Waals surface area (Å²) in [5.74, 6) is -0.430. The number of hydrogen-bond acceptors (Lipinski definition) is 4. The highest BCUT2D eigenvalue weighted by molar-refractivity contribution is 6.32. The molecule has 2 aromatic carbocycles. The molecule has 0 aliphatic rings. The van der Waals surface area contributed by atoms with E-state index in [2.05, 4.69) is 5.32 Å². The first-order chi connectivity index (χ1) is 12.6. The normalized spacial score (nSPS) is 11.5. The third-order valence-corrected chi connectivity index (χ3v) is 3.89. The first kappa shape index (κ1) is 20.7. The lowest BCUT2D eigenvalue weighted by atomic mass is 10.1. The molecule has 2 aromatic rings. The third-order valence-electron chi connectivity index (χ3n) is 3.57. The average Bonchev–Trinajstić information content (AvgIpc) is 2.55. The first-order valence-corrected chi connectivity index (χ1v) is 8.02. The smallest absolute Gasteiger partial charge is 0.325 e. The van der Waals surface area contributed by atoms with Crippen molar-refractivity contribution in [3.8, 4) is 0 Å². The Morgan fingerprint density at radius 3 is 2.41 bits per heavy atom.